The minimum Gasteiger partial charge on any atom is -0.342 e. The molecule has 0 spiro atoms. The van der Waals surface area contributed by atoms with E-state index in [1.165, 1.54) is 0 Å². The van der Waals surface area contributed by atoms with Gasteiger partial charge in [-0.2, -0.15) is 0 Å². The summed E-state index contributed by atoms with van der Waals surface area (Å²) < 4.78 is 0. The number of carbonyl (C=O) groups is 2. The zero-order chi connectivity index (χ0) is 17.7. The summed E-state index contributed by atoms with van der Waals surface area (Å²) in [6.07, 6.45) is 9.15. The number of hydrogen-bond donors (Lipinski definition) is 0. The second-order valence-electron chi connectivity index (χ2n) is 8.17. The molecule has 2 rings (SSSR count). The first-order chi connectivity index (χ1) is 11.3. The Morgan fingerprint density at radius 2 is 1.92 bits per heavy atom. The van der Waals surface area contributed by atoms with Crippen molar-refractivity contribution in [1.82, 2.24) is 9.80 Å². The minimum atomic E-state index is 0.0395. The Morgan fingerprint density at radius 1 is 1.21 bits per heavy atom. The minimum absolute atomic E-state index is 0.0395. The van der Waals surface area contributed by atoms with Crippen molar-refractivity contribution in [3.63, 3.8) is 0 Å². The van der Waals surface area contributed by atoms with Crippen LogP contribution in [0.25, 0.3) is 0 Å². The lowest BCUT2D eigenvalue weighted by Gasteiger charge is -2.27. The van der Waals surface area contributed by atoms with E-state index in [9.17, 15) is 9.59 Å². The predicted molar refractivity (Wildman–Crippen MR) is 97.2 cm³/mol. The van der Waals surface area contributed by atoms with Crippen LogP contribution in [0.1, 0.15) is 59.3 Å². The maximum Gasteiger partial charge on any atom is 0.251 e. The van der Waals surface area contributed by atoms with Crippen molar-refractivity contribution < 1.29 is 9.59 Å². The number of carbonyl (C=O) groups excluding carboxylic acids is 2. The molecule has 0 radical (unpaired) electrons. The number of likely N-dealkylation sites (tertiary alicyclic amines) is 1. The van der Waals surface area contributed by atoms with Gasteiger partial charge in [-0.25, -0.2) is 0 Å². The maximum atomic E-state index is 12.3. The van der Waals surface area contributed by atoms with Crippen molar-refractivity contribution in [3.05, 3.63) is 24.4 Å². The van der Waals surface area contributed by atoms with Gasteiger partial charge in [0.05, 0.1) is 0 Å². The zero-order valence-corrected chi connectivity index (χ0v) is 15.5. The molecule has 0 aliphatic carbocycles. The first-order valence-electron chi connectivity index (χ1n) is 9.25. The number of rotatable bonds is 7. The molecule has 0 aromatic rings. The summed E-state index contributed by atoms with van der Waals surface area (Å²) >= 11 is 0. The third kappa shape index (κ3) is 4.96. The van der Waals surface area contributed by atoms with Crippen LogP contribution >= 0.6 is 0 Å². The molecule has 134 valence electrons. The summed E-state index contributed by atoms with van der Waals surface area (Å²) in [7, 11) is 0. The highest BCUT2D eigenvalue weighted by molar-refractivity contribution is 5.92. The molecule has 0 aromatic heterocycles. The van der Waals surface area contributed by atoms with Gasteiger partial charge >= 0.3 is 0 Å². The summed E-state index contributed by atoms with van der Waals surface area (Å²) in [5.41, 5.74) is 1.08. The van der Waals surface area contributed by atoms with Crippen LogP contribution < -0.4 is 0 Å². The molecule has 4 nitrogen and oxygen atoms in total. The summed E-state index contributed by atoms with van der Waals surface area (Å²) in [6, 6.07) is 0. The average molecular weight is 332 g/mol. The number of nitrogens with zero attached hydrogens (tertiary/aromatic N) is 2. The van der Waals surface area contributed by atoms with Gasteiger partial charge in [-0.05, 0) is 36.7 Å². The van der Waals surface area contributed by atoms with Gasteiger partial charge < -0.3 is 9.80 Å². The van der Waals surface area contributed by atoms with Gasteiger partial charge in [0.2, 0.25) is 5.91 Å². The number of allylic oxidation sites excluding steroid dienone is 1. The van der Waals surface area contributed by atoms with Crippen LogP contribution in [0.15, 0.2) is 24.4 Å². The second-order valence-corrected chi connectivity index (χ2v) is 8.17. The van der Waals surface area contributed by atoms with Crippen molar-refractivity contribution in [2.75, 3.05) is 19.6 Å². The fourth-order valence-corrected chi connectivity index (χ4v) is 3.49. The van der Waals surface area contributed by atoms with Crippen LogP contribution in [0.5, 0.6) is 0 Å². The van der Waals surface area contributed by atoms with Crippen LogP contribution in [0.4, 0.5) is 0 Å². The van der Waals surface area contributed by atoms with Crippen molar-refractivity contribution in [2.24, 2.45) is 11.3 Å². The SMILES string of the molecule is C=C1C=CC(=O)N1CCCCCCC(=O)N1CC[C@@H](C(C)(C)C)C1. The quantitative estimate of drug-likeness (QED) is 0.666. The number of unbranched alkanes of at least 4 members (excludes halogenated alkanes) is 3. The highest BCUT2D eigenvalue weighted by Gasteiger charge is 2.33. The van der Waals surface area contributed by atoms with E-state index in [0.29, 0.717) is 23.7 Å². The molecule has 0 bridgehead atoms. The molecule has 0 unspecified atom stereocenters. The molecule has 1 atom stereocenters. The lowest BCUT2D eigenvalue weighted by atomic mass is 9.80. The molecule has 2 aliphatic heterocycles. The molecule has 1 saturated heterocycles. The Hall–Kier alpha value is -1.58. The summed E-state index contributed by atoms with van der Waals surface area (Å²) in [5, 5.41) is 0. The molecule has 0 saturated carbocycles. The standard InChI is InChI=1S/C20H32N2O2/c1-16-10-11-19(24)22(16)13-8-6-5-7-9-18(23)21-14-12-17(15-21)20(2,3)4/h10-11,17H,1,5-9,12-15H2,2-4H3/t17-/m1/s1. The Morgan fingerprint density at radius 3 is 2.50 bits per heavy atom. The Bertz CT molecular complexity index is 498. The van der Waals surface area contributed by atoms with Gasteiger partial charge in [0, 0.05) is 37.8 Å². The highest BCUT2D eigenvalue weighted by Crippen LogP contribution is 2.33. The largest absolute Gasteiger partial charge is 0.342 e. The molecule has 2 aliphatic rings. The lowest BCUT2D eigenvalue weighted by molar-refractivity contribution is -0.130. The molecule has 24 heavy (non-hydrogen) atoms. The Labute approximate surface area is 146 Å². The monoisotopic (exact) mass is 332 g/mol. The van der Waals surface area contributed by atoms with E-state index in [2.05, 4.69) is 32.3 Å². The molecular weight excluding hydrogens is 300 g/mol. The van der Waals surface area contributed by atoms with Crippen LogP contribution in [0, 0.1) is 11.3 Å². The fourth-order valence-electron chi connectivity index (χ4n) is 3.49. The Kier molecular flexibility index (Phi) is 6.25. The molecule has 2 heterocycles. The van der Waals surface area contributed by atoms with Gasteiger partial charge in [0.25, 0.3) is 5.91 Å². The van der Waals surface area contributed by atoms with Gasteiger partial charge in [-0.1, -0.05) is 40.2 Å². The third-order valence-corrected chi connectivity index (χ3v) is 5.32. The maximum absolute atomic E-state index is 12.3. The van der Waals surface area contributed by atoms with Crippen LogP contribution in [-0.2, 0) is 9.59 Å². The molecule has 4 heteroatoms. The van der Waals surface area contributed by atoms with Crippen LogP contribution in [0.2, 0.25) is 0 Å². The van der Waals surface area contributed by atoms with Gasteiger partial charge in [0.1, 0.15) is 0 Å². The van der Waals surface area contributed by atoms with Crippen molar-refractivity contribution in [1.29, 1.82) is 0 Å². The van der Waals surface area contributed by atoms with Crippen molar-refractivity contribution in [2.45, 2.75) is 59.3 Å². The summed E-state index contributed by atoms with van der Waals surface area (Å²) in [4.78, 5) is 27.6. The molecule has 0 N–H and O–H groups in total. The summed E-state index contributed by atoms with van der Waals surface area (Å²) in [5.74, 6) is 0.979. The molecular formula is C20H32N2O2. The number of amides is 2. The summed E-state index contributed by atoms with van der Waals surface area (Å²) in [6.45, 7) is 13.2. The average Bonchev–Trinajstić information content (AvgIpc) is 3.11. The fraction of sp³-hybridized carbons (Fsp3) is 0.700. The molecule has 1 fully saturated rings. The third-order valence-electron chi connectivity index (χ3n) is 5.32. The second kappa shape index (κ2) is 8.00. The van der Waals surface area contributed by atoms with E-state index in [-0.39, 0.29) is 5.91 Å². The van der Waals surface area contributed by atoms with E-state index in [4.69, 9.17) is 0 Å². The van der Waals surface area contributed by atoms with E-state index in [0.717, 1.165) is 57.4 Å². The van der Waals surface area contributed by atoms with Crippen molar-refractivity contribution in [3.8, 4) is 0 Å². The van der Waals surface area contributed by atoms with E-state index >= 15 is 0 Å². The highest BCUT2D eigenvalue weighted by atomic mass is 16.2. The smallest absolute Gasteiger partial charge is 0.251 e. The zero-order valence-electron chi connectivity index (χ0n) is 15.5. The normalized spacial score (nSPS) is 21.2. The first-order valence-corrected chi connectivity index (χ1v) is 9.25. The Balaban J connectivity index is 1.56. The molecule has 2 amide bonds. The van der Waals surface area contributed by atoms with Crippen LogP contribution in [0.3, 0.4) is 0 Å². The predicted octanol–water partition coefficient (Wildman–Crippen LogP) is 3.74. The topological polar surface area (TPSA) is 40.6 Å². The van der Waals surface area contributed by atoms with E-state index < -0.39 is 0 Å². The van der Waals surface area contributed by atoms with Gasteiger partial charge in [-0.15, -0.1) is 0 Å². The van der Waals surface area contributed by atoms with Gasteiger partial charge in [-0.3, -0.25) is 9.59 Å². The first kappa shape index (κ1) is 18.8. The van der Waals surface area contributed by atoms with E-state index in [1.807, 2.05) is 0 Å². The molecule has 0 aromatic carbocycles. The van der Waals surface area contributed by atoms with E-state index in [1.54, 1.807) is 17.1 Å². The van der Waals surface area contributed by atoms with Crippen LogP contribution in [-0.4, -0.2) is 41.2 Å². The lowest BCUT2D eigenvalue weighted by Crippen LogP contribution is -2.30. The van der Waals surface area contributed by atoms with Gasteiger partial charge in [0.15, 0.2) is 0 Å². The number of hydrogen-bond acceptors (Lipinski definition) is 2. The van der Waals surface area contributed by atoms with Crippen molar-refractivity contribution >= 4 is 11.8 Å².